The predicted molar refractivity (Wildman–Crippen MR) is 118 cm³/mol. The zero-order valence-corrected chi connectivity index (χ0v) is 17.6. The molecule has 0 radical (unpaired) electrons. The number of nitrogens with zero attached hydrogens (tertiary/aromatic N) is 1. The Morgan fingerprint density at radius 3 is 2.82 bits per heavy atom. The first kappa shape index (κ1) is 18.8. The summed E-state index contributed by atoms with van der Waals surface area (Å²) in [5.74, 6) is 0.900. The smallest absolute Gasteiger partial charge is 0.257 e. The van der Waals surface area contributed by atoms with Crippen LogP contribution in [0.3, 0.4) is 0 Å². The first-order chi connectivity index (χ1) is 13.5. The number of nitrogens with one attached hydrogen (secondary N) is 1. The van der Waals surface area contributed by atoms with E-state index in [-0.39, 0.29) is 5.91 Å². The minimum atomic E-state index is -0.275. The van der Waals surface area contributed by atoms with Gasteiger partial charge in [-0.25, -0.2) is 4.98 Å². The molecule has 0 unspecified atom stereocenters. The standard InChI is InChI=1S/C21H14ClIN2O3/c1-27-15-6-8-19-18(11-15)25-21(28-19)12-3-2-4-14(9-12)24-20(26)16-10-13(23)5-7-17(16)22/h2-11H,1H3,(H,24,26). The molecule has 0 fully saturated rings. The summed E-state index contributed by atoms with van der Waals surface area (Å²) < 4.78 is 12.0. The van der Waals surface area contributed by atoms with Crippen molar-refractivity contribution in [3.8, 4) is 17.2 Å². The van der Waals surface area contributed by atoms with E-state index in [4.69, 9.17) is 20.8 Å². The number of hydrogen-bond donors (Lipinski definition) is 1. The number of hydrogen-bond acceptors (Lipinski definition) is 4. The number of oxazole rings is 1. The first-order valence-electron chi connectivity index (χ1n) is 8.35. The van der Waals surface area contributed by atoms with Crippen molar-refractivity contribution in [3.63, 3.8) is 0 Å². The fourth-order valence-corrected chi connectivity index (χ4v) is 3.45. The number of rotatable bonds is 4. The van der Waals surface area contributed by atoms with Gasteiger partial charge in [-0.2, -0.15) is 0 Å². The number of carbonyl (C=O) groups is 1. The maximum atomic E-state index is 12.6. The molecule has 28 heavy (non-hydrogen) atoms. The lowest BCUT2D eigenvalue weighted by molar-refractivity contribution is 0.102. The van der Waals surface area contributed by atoms with Crippen LogP contribution in [-0.2, 0) is 0 Å². The van der Waals surface area contributed by atoms with Crippen molar-refractivity contribution >= 4 is 56.9 Å². The van der Waals surface area contributed by atoms with Gasteiger partial charge in [0.25, 0.3) is 5.91 Å². The lowest BCUT2D eigenvalue weighted by Crippen LogP contribution is -2.12. The molecule has 4 rings (SSSR count). The molecule has 1 aromatic heterocycles. The molecular formula is C21H14ClIN2O3. The Labute approximate surface area is 179 Å². The van der Waals surface area contributed by atoms with Gasteiger partial charge < -0.3 is 14.5 Å². The van der Waals surface area contributed by atoms with Crippen LogP contribution >= 0.6 is 34.2 Å². The Balaban J connectivity index is 1.63. The number of carbonyl (C=O) groups excluding carboxylic acids is 1. The van der Waals surface area contributed by atoms with Crippen LogP contribution in [0.4, 0.5) is 5.69 Å². The van der Waals surface area contributed by atoms with E-state index in [0.29, 0.717) is 39.0 Å². The largest absolute Gasteiger partial charge is 0.497 e. The third-order valence-electron chi connectivity index (χ3n) is 4.14. The van der Waals surface area contributed by atoms with Crippen molar-refractivity contribution < 1.29 is 13.9 Å². The second-order valence-corrected chi connectivity index (χ2v) is 7.66. The Kier molecular flexibility index (Phi) is 5.23. The summed E-state index contributed by atoms with van der Waals surface area (Å²) in [6.07, 6.45) is 0. The van der Waals surface area contributed by atoms with Crippen molar-refractivity contribution in [2.75, 3.05) is 12.4 Å². The number of anilines is 1. The summed E-state index contributed by atoms with van der Waals surface area (Å²) in [6, 6.07) is 18.1. The van der Waals surface area contributed by atoms with Crippen LogP contribution in [0.5, 0.6) is 5.75 Å². The zero-order chi connectivity index (χ0) is 19.7. The van der Waals surface area contributed by atoms with E-state index in [1.54, 1.807) is 25.3 Å². The van der Waals surface area contributed by atoms with E-state index in [2.05, 4.69) is 32.9 Å². The lowest BCUT2D eigenvalue weighted by atomic mass is 10.1. The highest BCUT2D eigenvalue weighted by atomic mass is 127. The highest BCUT2D eigenvalue weighted by Crippen LogP contribution is 2.28. The summed E-state index contributed by atoms with van der Waals surface area (Å²) in [5, 5.41) is 3.28. The van der Waals surface area contributed by atoms with Crippen molar-refractivity contribution in [3.05, 3.63) is 74.8 Å². The monoisotopic (exact) mass is 504 g/mol. The highest BCUT2D eigenvalue weighted by molar-refractivity contribution is 14.1. The van der Waals surface area contributed by atoms with Gasteiger partial charge in [0.1, 0.15) is 11.3 Å². The van der Waals surface area contributed by atoms with Crippen molar-refractivity contribution in [2.45, 2.75) is 0 Å². The van der Waals surface area contributed by atoms with Crippen LogP contribution in [0.25, 0.3) is 22.6 Å². The molecule has 5 nitrogen and oxygen atoms in total. The molecule has 0 bridgehead atoms. The molecule has 0 saturated carbocycles. The zero-order valence-electron chi connectivity index (χ0n) is 14.7. The van der Waals surface area contributed by atoms with Crippen molar-refractivity contribution in [1.82, 2.24) is 4.98 Å². The lowest BCUT2D eigenvalue weighted by Gasteiger charge is -2.08. The first-order valence-corrected chi connectivity index (χ1v) is 9.80. The fraction of sp³-hybridized carbons (Fsp3) is 0.0476. The van der Waals surface area contributed by atoms with Gasteiger partial charge in [0, 0.05) is 20.9 Å². The van der Waals surface area contributed by atoms with E-state index >= 15 is 0 Å². The molecule has 0 aliphatic rings. The number of amides is 1. The van der Waals surface area contributed by atoms with Gasteiger partial charge in [-0.05, 0) is 71.1 Å². The van der Waals surface area contributed by atoms with Gasteiger partial charge >= 0.3 is 0 Å². The van der Waals surface area contributed by atoms with Gasteiger partial charge in [0.2, 0.25) is 5.89 Å². The number of aromatic nitrogens is 1. The average Bonchev–Trinajstić information content (AvgIpc) is 3.13. The second kappa shape index (κ2) is 7.81. The van der Waals surface area contributed by atoms with Crippen LogP contribution in [0.1, 0.15) is 10.4 Å². The molecule has 0 saturated heterocycles. The molecule has 7 heteroatoms. The van der Waals surface area contributed by atoms with E-state index < -0.39 is 0 Å². The molecule has 3 aromatic carbocycles. The summed E-state index contributed by atoms with van der Waals surface area (Å²) >= 11 is 8.30. The average molecular weight is 505 g/mol. The molecular weight excluding hydrogens is 491 g/mol. The second-order valence-electron chi connectivity index (χ2n) is 6.01. The van der Waals surface area contributed by atoms with Crippen LogP contribution in [0.2, 0.25) is 5.02 Å². The van der Waals surface area contributed by atoms with Crippen LogP contribution in [-0.4, -0.2) is 18.0 Å². The van der Waals surface area contributed by atoms with E-state index in [0.717, 1.165) is 9.13 Å². The van der Waals surface area contributed by atoms with Gasteiger partial charge in [0.05, 0.1) is 17.7 Å². The molecule has 0 aliphatic carbocycles. The van der Waals surface area contributed by atoms with E-state index in [1.807, 2.05) is 42.5 Å². The van der Waals surface area contributed by atoms with Crippen molar-refractivity contribution in [2.24, 2.45) is 0 Å². The van der Waals surface area contributed by atoms with Crippen LogP contribution in [0, 0.1) is 3.57 Å². The Hall–Kier alpha value is -2.58. The number of ether oxygens (including phenoxy) is 1. The minimum absolute atomic E-state index is 0.275. The summed E-state index contributed by atoms with van der Waals surface area (Å²) in [4.78, 5) is 17.1. The fourth-order valence-electron chi connectivity index (χ4n) is 2.76. The molecule has 0 atom stereocenters. The maximum Gasteiger partial charge on any atom is 0.257 e. The Bertz CT molecular complexity index is 1190. The van der Waals surface area contributed by atoms with Crippen LogP contribution < -0.4 is 10.1 Å². The number of benzene rings is 3. The van der Waals surface area contributed by atoms with Gasteiger partial charge in [0.15, 0.2) is 5.58 Å². The quantitative estimate of drug-likeness (QED) is 0.346. The van der Waals surface area contributed by atoms with Crippen LogP contribution in [0.15, 0.2) is 65.1 Å². The topological polar surface area (TPSA) is 64.4 Å². The molecule has 0 spiro atoms. The minimum Gasteiger partial charge on any atom is -0.497 e. The molecule has 1 heterocycles. The van der Waals surface area contributed by atoms with Gasteiger partial charge in [-0.15, -0.1) is 0 Å². The third kappa shape index (κ3) is 3.83. The highest BCUT2D eigenvalue weighted by Gasteiger charge is 2.13. The summed E-state index contributed by atoms with van der Waals surface area (Å²) in [5.41, 5.74) is 3.16. The number of methoxy groups -OCH3 is 1. The molecule has 4 aromatic rings. The summed E-state index contributed by atoms with van der Waals surface area (Å²) in [6.45, 7) is 0. The Morgan fingerprint density at radius 2 is 2.00 bits per heavy atom. The molecule has 1 amide bonds. The molecule has 140 valence electrons. The van der Waals surface area contributed by atoms with E-state index in [1.165, 1.54) is 0 Å². The molecule has 0 aliphatic heterocycles. The van der Waals surface area contributed by atoms with E-state index in [9.17, 15) is 4.79 Å². The molecule has 1 N–H and O–H groups in total. The number of fused-ring (bicyclic) bond motifs is 1. The maximum absolute atomic E-state index is 12.6. The normalized spacial score (nSPS) is 10.8. The van der Waals surface area contributed by atoms with Gasteiger partial charge in [-0.3, -0.25) is 4.79 Å². The number of halogens is 2. The SMILES string of the molecule is COc1ccc2oc(-c3cccc(NC(=O)c4cc(I)ccc4Cl)c3)nc2c1. The van der Waals surface area contributed by atoms with Crippen molar-refractivity contribution in [1.29, 1.82) is 0 Å². The third-order valence-corrected chi connectivity index (χ3v) is 5.14. The predicted octanol–water partition coefficient (Wildman–Crippen LogP) is 6.01. The Morgan fingerprint density at radius 1 is 1.14 bits per heavy atom. The van der Waals surface area contributed by atoms with Gasteiger partial charge in [-0.1, -0.05) is 17.7 Å². The summed E-state index contributed by atoms with van der Waals surface area (Å²) in [7, 11) is 1.61.